The molecule has 1 heterocycles. The Balaban J connectivity index is 2.15. The minimum atomic E-state index is -0.315. The quantitative estimate of drug-likeness (QED) is 0.695. The number of carbonyl (C=O) groups is 1. The highest BCUT2D eigenvalue weighted by Crippen LogP contribution is 2.23. The SMILES string of the molecule is Cc1ccc(C)c(C(=O)c2c[nH]c3cc(F)ccc23)c1. The van der Waals surface area contributed by atoms with Crippen molar-refractivity contribution in [3.63, 3.8) is 0 Å². The zero-order chi connectivity index (χ0) is 14.3. The van der Waals surface area contributed by atoms with Crippen LogP contribution in [-0.4, -0.2) is 10.8 Å². The normalized spacial score (nSPS) is 10.9. The van der Waals surface area contributed by atoms with Gasteiger partial charge in [-0.3, -0.25) is 4.79 Å². The Morgan fingerprint density at radius 3 is 2.65 bits per heavy atom. The van der Waals surface area contributed by atoms with Gasteiger partial charge >= 0.3 is 0 Å². The lowest BCUT2D eigenvalue weighted by atomic mass is 9.97. The van der Waals surface area contributed by atoms with Crippen LogP contribution >= 0.6 is 0 Å². The molecule has 0 bridgehead atoms. The predicted octanol–water partition coefficient (Wildman–Crippen LogP) is 4.15. The van der Waals surface area contributed by atoms with Crippen LogP contribution in [0.3, 0.4) is 0 Å². The van der Waals surface area contributed by atoms with Crippen molar-refractivity contribution in [2.75, 3.05) is 0 Å². The molecule has 1 N–H and O–H groups in total. The van der Waals surface area contributed by atoms with Crippen molar-refractivity contribution in [3.8, 4) is 0 Å². The molecule has 0 aliphatic carbocycles. The summed E-state index contributed by atoms with van der Waals surface area (Å²) < 4.78 is 13.2. The smallest absolute Gasteiger partial charge is 0.195 e. The van der Waals surface area contributed by atoms with E-state index in [0.29, 0.717) is 16.6 Å². The summed E-state index contributed by atoms with van der Waals surface area (Å²) in [4.78, 5) is 15.6. The molecule has 0 spiro atoms. The van der Waals surface area contributed by atoms with Crippen LogP contribution in [0.1, 0.15) is 27.0 Å². The average molecular weight is 267 g/mol. The minimum absolute atomic E-state index is 0.0379. The van der Waals surface area contributed by atoms with Gasteiger partial charge in [0.25, 0.3) is 0 Å². The predicted molar refractivity (Wildman–Crippen MR) is 77.6 cm³/mol. The molecule has 100 valence electrons. The first-order valence-electron chi connectivity index (χ1n) is 6.45. The number of nitrogens with one attached hydrogen (secondary N) is 1. The molecule has 0 saturated carbocycles. The van der Waals surface area contributed by atoms with E-state index in [-0.39, 0.29) is 11.6 Å². The van der Waals surface area contributed by atoms with Crippen LogP contribution in [0.4, 0.5) is 4.39 Å². The maximum Gasteiger partial charge on any atom is 0.195 e. The number of carbonyl (C=O) groups excluding carboxylic acids is 1. The lowest BCUT2D eigenvalue weighted by Crippen LogP contribution is -2.03. The van der Waals surface area contributed by atoms with Crippen LogP contribution in [0.5, 0.6) is 0 Å². The Morgan fingerprint density at radius 1 is 1.05 bits per heavy atom. The third kappa shape index (κ3) is 2.01. The largest absolute Gasteiger partial charge is 0.360 e. The molecule has 2 aromatic carbocycles. The van der Waals surface area contributed by atoms with Gasteiger partial charge in [-0.2, -0.15) is 0 Å². The number of ketones is 1. The second-order valence-electron chi connectivity index (χ2n) is 5.04. The fourth-order valence-electron chi connectivity index (χ4n) is 2.41. The molecule has 0 saturated heterocycles. The van der Waals surface area contributed by atoms with Crippen molar-refractivity contribution in [1.29, 1.82) is 0 Å². The van der Waals surface area contributed by atoms with Crippen molar-refractivity contribution in [2.24, 2.45) is 0 Å². The average Bonchev–Trinajstić information content (AvgIpc) is 2.83. The molecule has 1 aromatic heterocycles. The van der Waals surface area contributed by atoms with Crippen molar-refractivity contribution in [1.82, 2.24) is 4.98 Å². The summed E-state index contributed by atoms with van der Waals surface area (Å²) in [5.74, 6) is -0.353. The molecule has 0 amide bonds. The Hall–Kier alpha value is -2.42. The first-order valence-corrected chi connectivity index (χ1v) is 6.45. The third-order valence-corrected chi connectivity index (χ3v) is 3.53. The number of rotatable bonds is 2. The molecule has 0 unspecified atom stereocenters. The summed E-state index contributed by atoms with van der Waals surface area (Å²) in [5.41, 5.74) is 3.89. The van der Waals surface area contributed by atoms with E-state index < -0.39 is 0 Å². The highest BCUT2D eigenvalue weighted by Gasteiger charge is 2.16. The van der Waals surface area contributed by atoms with Gasteiger partial charge in [0.15, 0.2) is 5.78 Å². The van der Waals surface area contributed by atoms with E-state index in [4.69, 9.17) is 0 Å². The molecule has 0 aliphatic rings. The van der Waals surface area contributed by atoms with E-state index in [1.54, 1.807) is 12.3 Å². The van der Waals surface area contributed by atoms with Crippen LogP contribution in [0.15, 0.2) is 42.6 Å². The Kier molecular flexibility index (Phi) is 2.90. The Bertz CT molecular complexity index is 817. The number of aryl methyl sites for hydroxylation is 2. The number of benzene rings is 2. The van der Waals surface area contributed by atoms with E-state index in [0.717, 1.165) is 16.5 Å². The summed E-state index contributed by atoms with van der Waals surface area (Å²) >= 11 is 0. The van der Waals surface area contributed by atoms with E-state index in [1.165, 1.54) is 12.1 Å². The molecule has 0 radical (unpaired) electrons. The van der Waals surface area contributed by atoms with Crippen LogP contribution in [0.2, 0.25) is 0 Å². The topological polar surface area (TPSA) is 32.9 Å². The molecule has 0 aliphatic heterocycles. The van der Waals surface area contributed by atoms with Crippen LogP contribution < -0.4 is 0 Å². The van der Waals surface area contributed by atoms with Gasteiger partial charge in [-0.25, -0.2) is 4.39 Å². The molecular formula is C17H14FNO. The van der Waals surface area contributed by atoms with Gasteiger partial charge in [0.1, 0.15) is 5.82 Å². The monoisotopic (exact) mass is 267 g/mol. The highest BCUT2D eigenvalue weighted by molar-refractivity contribution is 6.17. The summed E-state index contributed by atoms with van der Waals surface area (Å²) in [6.45, 7) is 3.88. The fraction of sp³-hybridized carbons (Fsp3) is 0.118. The second-order valence-corrected chi connectivity index (χ2v) is 5.04. The van der Waals surface area contributed by atoms with E-state index in [9.17, 15) is 9.18 Å². The van der Waals surface area contributed by atoms with Crippen molar-refractivity contribution in [3.05, 3.63) is 70.7 Å². The zero-order valence-corrected chi connectivity index (χ0v) is 11.3. The minimum Gasteiger partial charge on any atom is -0.360 e. The van der Waals surface area contributed by atoms with Gasteiger partial charge in [0, 0.05) is 28.2 Å². The lowest BCUT2D eigenvalue weighted by Gasteiger charge is -2.05. The summed E-state index contributed by atoms with van der Waals surface area (Å²) in [6, 6.07) is 10.2. The number of halogens is 1. The molecule has 3 heteroatoms. The Morgan fingerprint density at radius 2 is 1.85 bits per heavy atom. The standard InChI is InChI=1S/C17H14FNO/c1-10-3-4-11(2)14(7-10)17(20)15-9-19-16-8-12(18)5-6-13(15)16/h3-9,19H,1-2H3. The molecule has 0 fully saturated rings. The summed E-state index contributed by atoms with van der Waals surface area (Å²) in [7, 11) is 0. The molecule has 2 nitrogen and oxygen atoms in total. The summed E-state index contributed by atoms with van der Waals surface area (Å²) in [5, 5.41) is 0.748. The fourth-order valence-corrected chi connectivity index (χ4v) is 2.41. The number of aromatic amines is 1. The van der Waals surface area contributed by atoms with Gasteiger partial charge in [0.2, 0.25) is 0 Å². The van der Waals surface area contributed by atoms with Crippen LogP contribution in [0, 0.1) is 19.7 Å². The molecule has 20 heavy (non-hydrogen) atoms. The maximum absolute atomic E-state index is 13.2. The van der Waals surface area contributed by atoms with E-state index >= 15 is 0 Å². The zero-order valence-electron chi connectivity index (χ0n) is 11.3. The van der Waals surface area contributed by atoms with Crippen molar-refractivity contribution < 1.29 is 9.18 Å². The number of hydrogen-bond acceptors (Lipinski definition) is 1. The van der Waals surface area contributed by atoms with Gasteiger partial charge in [-0.05, 0) is 43.7 Å². The first-order chi connectivity index (χ1) is 9.56. The molecular weight excluding hydrogens is 253 g/mol. The van der Waals surface area contributed by atoms with Gasteiger partial charge in [-0.1, -0.05) is 17.7 Å². The van der Waals surface area contributed by atoms with Crippen LogP contribution in [-0.2, 0) is 0 Å². The number of H-pyrrole nitrogens is 1. The third-order valence-electron chi connectivity index (χ3n) is 3.53. The second kappa shape index (κ2) is 4.60. The molecule has 3 rings (SSSR count). The van der Waals surface area contributed by atoms with Gasteiger partial charge in [-0.15, -0.1) is 0 Å². The van der Waals surface area contributed by atoms with E-state index in [2.05, 4.69) is 4.98 Å². The number of hydrogen-bond donors (Lipinski definition) is 1. The van der Waals surface area contributed by atoms with Crippen LogP contribution in [0.25, 0.3) is 10.9 Å². The number of fused-ring (bicyclic) bond motifs is 1. The van der Waals surface area contributed by atoms with E-state index in [1.807, 2.05) is 32.0 Å². The Labute approximate surface area is 116 Å². The number of aromatic nitrogens is 1. The summed E-state index contributed by atoms with van der Waals surface area (Å²) in [6.07, 6.45) is 1.65. The van der Waals surface area contributed by atoms with Crippen molar-refractivity contribution >= 4 is 16.7 Å². The lowest BCUT2D eigenvalue weighted by molar-refractivity contribution is 0.103. The van der Waals surface area contributed by atoms with Crippen molar-refractivity contribution in [2.45, 2.75) is 13.8 Å². The molecule has 0 atom stereocenters. The first kappa shape index (κ1) is 12.6. The van der Waals surface area contributed by atoms with Gasteiger partial charge < -0.3 is 4.98 Å². The molecule has 3 aromatic rings. The maximum atomic E-state index is 13.2. The highest BCUT2D eigenvalue weighted by atomic mass is 19.1. The van der Waals surface area contributed by atoms with Gasteiger partial charge in [0.05, 0.1) is 0 Å².